The largest absolute Gasteiger partial charge is 0.258 e. The highest BCUT2D eigenvalue weighted by molar-refractivity contribution is 5.79. The van der Waals surface area contributed by atoms with Crippen LogP contribution in [0.1, 0.15) is 0 Å². The summed E-state index contributed by atoms with van der Waals surface area (Å²) in [5.41, 5.74) is 1.66. The van der Waals surface area contributed by atoms with Gasteiger partial charge in [-0.1, -0.05) is 18.2 Å². The molecule has 4 nitrogen and oxygen atoms in total. The fraction of sp³-hybridized carbons (Fsp3) is 0. The minimum atomic E-state index is 0.664. The zero-order valence-electron chi connectivity index (χ0n) is 7.81. The van der Waals surface area contributed by atoms with Gasteiger partial charge in [-0.3, -0.25) is 5.10 Å². The quantitative estimate of drug-likeness (QED) is 0.644. The van der Waals surface area contributed by atoms with E-state index in [1.807, 2.05) is 30.3 Å². The molecular formula is C11H7N4. The van der Waals surface area contributed by atoms with E-state index in [-0.39, 0.29) is 0 Å². The Kier molecular flexibility index (Phi) is 1.71. The van der Waals surface area contributed by atoms with E-state index in [1.165, 1.54) is 6.33 Å². The average molecular weight is 195 g/mol. The second kappa shape index (κ2) is 3.16. The smallest absolute Gasteiger partial charge is 0.174 e. The van der Waals surface area contributed by atoms with Gasteiger partial charge in [0.15, 0.2) is 5.82 Å². The molecule has 71 valence electrons. The molecule has 0 fully saturated rings. The predicted molar refractivity (Wildman–Crippen MR) is 56.0 cm³/mol. The van der Waals surface area contributed by atoms with Crippen LogP contribution in [-0.2, 0) is 0 Å². The molecule has 2 aromatic heterocycles. The third kappa shape index (κ3) is 1.36. The minimum Gasteiger partial charge on any atom is -0.258 e. The zero-order chi connectivity index (χ0) is 10.1. The Hall–Kier alpha value is -2.23. The van der Waals surface area contributed by atoms with Crippen molar-refractivity contribution in [1.29, 1.82) is 0 Å². The molecule has 0 unspecified atom stereocenters. The van der Waals surface area contributed by atoms with Crippen LogP contribution in [0.3, 0.4) is 0 Å². The van der Waals surface area contributed by atoms with Crippen molar-refractivity contribution in [1.82, 2.24) is 20.2 Å². The van der Waals surface area contributed by atoms with Gasteiger partial charge in [0.1, 0.15) is 12.0 Å². The summed E-state index contributed by atoms with van der Waals surface area (Å²) in [6.07, 6.45) is 1.46. The first-order valence-electron chi connectivity index (χ1n) is 4.57. The highest BCUT2D eigenvalue weighted by Crippen LogP contribution is 2.16. The van der Waals surface area contributed by atoms with Gasteiger partial charge in [-0.15, -0.1) is 0 Å². The van der Waals surface area contributed by atoms with Gasteiger partial charge in [0, 0.05) is 5.39 Å². The first kappa shape index (κ1) is 8.11. The molecule has 1 N–H and O–H groups in total. The molecule has 3 aromatic rings. The van der Waals surface area contributed by atoms with Gasteiger partial charge in [-0.2, -0.15) is 5.10 Å². The molecule has 0 saturated heterocycles. The monoisotopic (exact) mass is 195 g/mol. The molecule has 0 aliphatic rings. The van der Waals surface area contributed by atoms with E-state index < -0.39 is 0 Å². The number of fused-ring (bicyclic) bond motifs is 1. The van der Waals surface area contributed by atoms with Crippen LogP contribution in [0.15, 0.2) is 36.7 Å². The van der Waals surface area contributed by atoms with E-state index in [9.17, 15) is 0 Å². The number of nitrogens with zero attached hydrogens (tertiary/aromatic N) is 3. The van der Waals surface area contributed by atoms with Crippen molar-refractivity contribution in [2.24, 2.45) is 0 Å². The number of benzene rings is 1. The van der Waals surface area contributed by atoms with Gasteiger partial charge < -0.3 is 0 Å². The van der Waals surface area contributed by atoms with Crippen LogP contribution in [0.25, 0.3) is 22.4 Å². The summed E-state index contributed by atoms with van der Waals surface area (Å²) in [5.74, 6) is 0.664. The van der Waals surface area contributed by atoms with Crippen molar-refractivity contribution in [3.05, 3.63) is 42.7 Å². The lowest BCUT2D eigenvalue weighted by atomic mass is 10.2. The van der Waals surface area contributed by atoms with Gasteiger partial charge in [0.2, 0.25) is 0 Å². The number of nitrogens with one attached hydrogen (secondary N) is 1. The van der Waals surface area contributed by atoms with Crippen molar-refractivity contribution in [3.63, 3.8) is 0 Å². The van der Waals surface area contributed by atoms with Crippen LogP contribution in [0, 0.1) is 6.07 Å². The molecule has 0 aliphatic heterocycles. The van der Waals surface area contributed by atoms with Gasteiger partial charge in [0.25, 0.3) is 0 Å². The molecule has 0 bridgehead atoms. The lowest BCUT2D eigenvalue weighted by Gasteiger charge is -1.98. The van der Waals surface area contributed by atoms with Gasteiger partial charge >= 0.3 is 0 Å². The van der Waals surface area contributed by atoms with Crippen molar-refractivity contribution < 1.29 is 0 Å². The second-order valence-corrected chi connectivity index (χ2v) is 3.14. The molecule has 1 aromatic carbocycles. The third-order valence-corrected chi connectivity index (χ3v) is 2.17. The molecule has 0 amide bonds. The topological polar surface area (TPSA) is 54.5 Å². The van der Waals surface area contributed by atoms with E-state index in [0.717, 1.165) is 16.6 Å². The highest BCUT2D eigenvalue weighted by atomic mass is 15.2. The van der Waals surface area contributed by atoms with Crippen LogP contribution in [-0.4, -0.2) is 20.2 Å². The Morgan fingerprint density at radius 1 is 1.20 bits per heavy atom. The Balaban J connectivity index is 2.22. The van der Waals surface area contributed by atoms with Gasteiger partial charge in [-0.05, 0) is 18.2 Å². The standard InChI is InChI=1S/C11H7N4/c1-2-4-9-8(3-1)5-6-10(14-9)11-12-7-13-15-11/h1-4,6-7H,(H,12,13,15). The summed E-state index contributed by atoms with van der Waals surface area (Å²) in [5, 5.41) is 7.56. The number of aromatic nitrogens is 4. The number of hydrogen-bond acceptors (Lipinski definition) is 3. The van der Waals surface area contributed by atoms with Crippen molar-refractivity contribution in [2.45, 2.75) is 0 Å². The van der Waals surface area contributed by atoms with E-state index in [1.54, 1.807) is 0 Å². The molecule has 4 heteroatoms. The van der Waals surface area contributed by atoms with Crippen molar-refractivity contribution in [2.75, 3.05) is 0 Å². The molecule has 2 heterocycles. The van der Waals surface area contributed by atoms with Crippen LogP contribution >= 0.6 is 0 Å². The normalized spacial score (nSPS) is 10.7. The number of aromatic amines is 1. The number of para-hydroxylation sites is 1. The van der Waals surface area contributed by atoms with Crippen molar-refractivity contribution in [3.8, 4) is 11.5 Å². The van der Waals surface area contributed by atoms with Crippen LogP contribution < -0.4 is 0 Å². The number of hydrogen-bond donors (Lipinski definition) is 1. The van der Waals surface area contributed by atoms with E-state index in [0.29, 0.717) is 5.82 Å². The maximum Gasteiger partial charge on any atom is 0.174 e. The predicted octanol–water partition coefficient (Wildman–Crippen LogP) is 1.82. The second-order valence-electron chi connectivity index (χ2n) is 3.14. The Labute approximate surface area is 86.0 Å². The first-order valence-corrected chi connectivity index (χ1v) is 4.57. The number of pyridine rings is 1. The van der Waals surface area contributed by atoms with Crippen molar-refractivity contribution >= 4 is 10.9 Å². The summed E-state index contributed by atoms with van der Waals surface area (Å²) in [6.45, 7) is 0. The first-order chi connectivity index (χ1) is 7.43. The van der Waals surface area contributed by atoms with E-state index >= 15 is 0 Å². The molecule has 1 radical (unpaired) electrons. The summed E-state index contributed by atoms with van der Waals surface area (Å²) in [6, 6.07) is 12.8. The average Bonchev–Trinajstić information content (AvgIpc) is 2.82. The van der Waals surface area contributed by atoms with E-state index in [2.05, 4.69) is 26.2 Å². The van der Waals surface area contributed by atoms with Crippen LogP contribution in [0.4, 0.5) is 0 Å². The van der Waals surface area contributed by atoms with Gasteiger partial charge in [-0.25, -0.2) is 9.97 Å². The Morgan fingerprint density at radius 2 is 2.13 bits per heavy atom. The van der Waals surface area contributed by atoms with Gasteiger partial charge in [0.05, 0.1) is 5.52 Å². The fourth-order valence-electron chi connectivity index (χ4n) is 1.45. The molecule has 0 aliphatic carbocycles. The molecular weight excluding hydrogens is 188 g/mol. The highest BCUT2D eigenvalue weighted by Gasteiger charge is 2.02. The molecule has 0 spiro atoms. The molecule has 0 atom stereocenters. The maximum atomic E-state index is 4.45. The summed E-state index contributed by atoms with van der Waals surface area (Å²) < 4.78 is 0. The Morgan fingerprint density at radius 3 is 3.00 bits per heavy atom. The lowest BCUT2D eigenvalue weighted by molar-refractivity contribution is 1.09. The summed E-state index contributed by atoms with van der Waals surface area (Å²) >= 11 is 0. The van der Waals surface area contributed by atoms with Crippen LogP contribution in [0.2, 0.25) is 0 Å². The van der Waals surface area contributed by atoms with Crippen LogP contribution in [0.5, 0.6) is 0 Å². The summed E-state index contributed by atoms with van der Waals surface area (Å²) in [7, 11) is 0. The molecule has 0 saturated carbocycles. The maximum absolute atomic E-state index is 4.45. The third-order valence-electron chi connectivity index (χ3n) is 2.17. The SMILES string of the molecule is [c]1cc(-c2ncn[nH]2)nc2ccccc12. The molecule has 15 heavy (non-hydrogen) atoms. The fourth-order valence-corrected chi connectivity index (χ4v) is 1.45. The molecule has 3 rings (SSSR count). The zero-order valence-corrected chi connectivity index (χ0v) is 7.81. The minimum absolute atomic E-state index is 0.664. The summed E-state index contributed by atoms with van der Waals surface area (Å²) in [4.78, 5) is 8.50. The number of H-pyrrole nitrogens is 1. The Bertz CT molecular complexity index is 586. The number of rotatable bonds is 1. The van der Waals surface area contributed by atoms with E-state index in [4.69, 9.17) is 0 Å². The lowest BCUT2D eigenvalue weighted by Crippen LogP contribution is -1.87.